The maximum Gasteiger partial charge on any atom is 0.129 e. The highest BCUT2D eigenvalue weighted by Crippen LogP contribution is 2.18. The molecule has 1 atom stereocenters. The molecule has 0 amide bonds. The van der Waals surface area contributed by atoms with Crippen molar-refractivity contribution in [1.82, 2.24) is 5.32 Å². The molecular weight excluding hydrogens is 237 g/mol. The van der Waals surface area contributed by atoms with Gasteiger partial charge in [0.1, 0.15) is 5.82 Å². The minimum atomic E-state index is -0.823. The average Bonchev–Trinajstić information content (AvgIpc) is 2.15. The molecular formula is C10H13ClFNOS. The molecule has 1 rings (SSSR count). The molecule has 1 N–H and O–H groups in total. The number of halogens is 2. The van der Waals surface area contributed by atoms with Crippen molar-refractivity contribution in [1.29, 1.82) is 0 Å². The quantitative estimate of drug-likeness (QED) is 0.809. The van der Waals surface area contributed by atoms with Gasteiger partial charge >= 0.3 is 0 Å². The molecule has 0 saturated carbocycles. The third-order valence-corrected chi connectivity index (χ3v) is 3.06. The van der Waals surface area contributed by atoms with E-state index in [-0.39, 0.29) is 5.82 Å². The maximum absolute atomic E-state index is 13.3. The Morgan fingerprint density at radius 1 is 1.53 bits per heavy atom. The van der Waals surface area contributed by atoms with Crippen molar-refractivity contribution in [2.45, 2.75) is 6.54 Å². The zero-order valence-electron chi connectivity index (χ0n) is 8.43. The lowest BCUT2D eigenvalue weighted by Gasteiger charge is -2.06. The fourth-order valence-electron chi connectivity index (χ4n) is 1.13. The summed E-state index contributed by atoms with van der Waals surface area (Å²) in [6.07, 6.45) is 1.64. The molecule has 2 nitrogen and oxygen atoms in total. The van der Waals surface area contributed by atoms with Gasteiger partial charge in [-0.05, 0) is 12.1 Å². The highest BCUT2D eigenvalue weighted by atomic mass is 35.5. The van der Waals surface area contributed by atoms with E-state index in [0.29, 0.717) is 29.4 Å². The van der Waals surface area contributed by atoms with E-state index in [0.717, 1.165) is 0 Å². The Hall–Kier alpha value is -0.450. The van der Waals surface area contributed by atoms with Crippen LogP contribution in [-0.2, 0) is 17.3 Å². The van der Waals surface area contributed by atoms with E-state index in [1.807, 2.05) is 0 Å². The Kier molecular flexibility index (Phi) is 5.22. The van der Waals surface area contributed by atoms with Crippen LogP contribution < -0.4 is 5.32 Å². The Morgan fingerprint density at radius 2 is 2.27 bits per heavy atom. The molecule has 1 aromatic rings. The summed E-state index contributed by atoms with van der Waals surface area (Å²) < 4.78 is 24.0. The zero-order valence-corrected chi connectivity index (χ0v) is 10.00. The summed E-state index contributed by atoms with van der Waals surface area (Å²) in [5.41, 5.74) is 0.459. The molecule has 0 bridgehead atoms. The van der Waals surface area contributed by atoms with Crippen molar-refractivity contribution in [2.75, 3.05) is 18.6 Å². The van der Waals surface area contributed by atoms with Crippen LogP contribution >= 0.6 is 11.6 Å². The SMILES string of the molecule is C[S@](=O)CCNCc1c(F)cccc1Cl. The van der Waals surface area contributed by atoms with E-state index in [2.05, 4.69) is 5.32 Å². The molecule has 5 heteroatoms. The summed E-state index contributed by atoms with van der Waals surface area (Å²) in [5.74, 6) is 0.249. The van der Waals surface area contributed by atoms with Crippen LogP contribution in [0.4, 0.5) is 4.39 Å². The average molecular weight is 250 g/mol. The highest BCUT2D eigenvalue weighted by molar-refractivity contribution is 7.84. The topological polar surface area (TPSA) is 29.1 Å². The predicted molar refractivity (Wildman–Crippen MR) is 62.1 cm³/mol. The molecule has 0 aliphatic heterocycles. The van der Waals surface area contributed by atoms with E-state index < -0.39 is 10.8 Å². The number of hydrogen-bond acceptors (Lipinski definition) is 2. The lowest BCUT2D eigenvalue weighted by Crippen LogP contribution is -2.20. The Balaban J connectivity index is 2.47. The van der Waals surface area contributed by atoms with Gasteiger partial charge in [0, 0.05) is 46.5 Å². The van der Waals surface area contributed by atoms with Crippen molar-refractivity contribution in [3.63, 3.8) is 0 Å². The molecule has 0 unspecified atom stereocenters. The van der Waals surface area contributed by atoms with E-state index in [1.54, 1.807) is 18.4 Å². The maximum atomic E-state index is 13.3. The summed E-state index contributed by atoms with van der Waals surface area (Å²) in [7, 11) is -0.823. The van der Waals surface area contributed by atoms with Gasteiger partial charge in [0.15, 0.2) is 0 Å². The molecule has 1 aromatic carbocycles. The van der Waals surface area contributed by atoms with Crippen molar-refractivity contribution < 1.29 is 8.60 Å². The molecule has 84 valence electrons. The molecule has 0 aromatic heterocycles. The summed E-state index contributed by atoms with van der Waals surface area (Å²) in [4.78, 5) is 0. The largest absolute Gasteiger partial charge is 0.312 e. The Morgan fingerprint density at radius 3 is 2.87 bits per heavy atom. The molecule has 0 spiro atoms. The first-order valence-corrected chi connectivity index (χ1v) is 6.65. The first-order valence-electron chi connectivity index (χ1n) is 4.55. The fraction of sp³-hybridized carbons (Fsp3) is 0.400. The standard InChI is InChI=1S/C10H13ClFNOS/c1-15(14)6-5-13-7-8-9(11)3-2-4-10(8)12/h2-4,13H,5-7H2,1H3/t15-/m0/s1. The van der Waals surface area contributed by atoms with Crippen LogP contribution in [0.5, 0.6) is 0 Å². The first kappa shape index (κ1) is 12.6. The van der Waals surface area contributed by atoms with Crippen LogP contribution in [0.15, 0.2) is 18.2 Å². The molecule has 0 heterocycles. The van der Waals surface area contributed by atoms with Gasteiger partial charge in [-0.3, -0.25) is 4.21 Å². The second kappa shape index (κ2) is 6.20. The normalized spacial score (nSPS) is 12.7. The minimum absolute atomic E-state index is 0.312. The van der Waals surface area contributed by atoms with Gasteiger partial charge in [-0.2, -0.15) is 0 Å². The van der Waals surface area contributed by atoms with Crippen LogP contribution in [0.2, 0.25) is 5.02 Å². The minimum Gasteiger partial charge on any atom is -0.312 e. The van der Waals surface area contributed by atoms with Gasteiger partial charge in [0.25, 0.3) is 0 Å². The number of hydrogen-bond donors (Lipinski definition) is 1. The zero-order chi connectivity index (χ0) is 11.3. The van der Waals surface area contributed by atoms with Crippen molar-refractivity contribution in [3.05, 3.63) is 34.6 Å². The van der Waals surface area contributed by atoms with E-state index in [4.69, 9.17) is 11.6 Å². The third kappa shape index (κ3) is 4.28. The van der Waals surface area contributed by atoms with Crippen molar-refractivity contribution in [3.8, 4) is 0 Å². The molecule has 0 fully saturated rings. The second-order valence-corrected chi connectivity index (χ2v) is 5.12. The van der Waals surface area contributed by atoms with Crippen LogP contribution in [0.3, 0.4) is 0 Å². The molecule has 0 aliphatic rings. The van der Waals surface area contributed by atoms with Crippen LogP contribution in [0, 0.1) is 5.82 Å². The van der Waals surface area contributed by atoms with Crippen LogP contribution in [0.25, 0.3) is 0 Å². The van der Waals surface area contributed by atoms with Crippen molar-refractivity contribution >= 4 is 22.4 Å². The summed E-state index contributed by atoms with van der Waals surface area (Å²) in [5, 5.41) is 3.41. The molecule has 0 saturated heterocycles. The van der Waals surface area contributed by atoms with Gasteiger partial charge in [0.05, 0.1) is 0 Å². The number of rotatable bonds is 5. The lowest BCUT2D eigenvalue weighted by molar-refractivity contribution is 0.593. The smallest absolute Gasteiger partial charge is 0.129 e. The third-order valence-electron chi connectivity index (χ3n) is 1.93. The number of benzene rings is 1. The van der Waals surface area contributed by atoms with Gasteiger partial charge in [-0.25, -0.2) is 4.39 Å². The highest BCUT2D eigenvalue weighted by Gasteiger charge is 2.05. The lowest BCUT2D eigenvalue weighted by atomic mass is 10.2. The van der Waals surface area contributed by atoms with E-state index >= 15 is 0 Å². The van der Waals surface area contributed by atoms with Gasteiger partial charge in [0.2, 0.25) is 0 Å². The van der Waals surface area contributed by atoms with Gasteiger partial charge in [-0.1, -0.05) is 17.7 Å². The van der Waals surface area contributed by atoms with E-state index in [9.17, 15) is 8.60 Å². The fourth-order valence-corrected chi connectivity index (χ4v) is 1.79. The van der Waals surface area contributed by atoms with Crippen LogP contribution in [0.1, 0.15) is 5.56 Å². The first-order chi connectivity index (χ1) is 7.11. The predicted octanol–water partition coefficient (Wildman–Crippen LogP) is 1.95. The Labute approximate surface area is 96.3 Å². The van der Waals surface area contributed by atoms with Gasteiger partial charge in [-0.15, -0.1) is 0 Å². The number of nitrogens with one attached hydrogen (secondary N) is 1. The summed E-state index contributed by atoms with van der Waals surface area (Å²) in [6, 6.07) is 4.60. The molecule has 15 heavy (non-hydrogen) atoms. The Bertz CT molecular complexity index is 339. The van der Waals surface area contributed by atoms with Crippen LogP contribution in [-0.4, -0.2) is 22.8 Å². The van der Waals surface area contributed by atoms with Gasteiger partial charge < -0.3 is 5.32 Å². The van der Waals surface area contributed by atoms with Crippen molar-refractivity contribution in [2.24, 2.45) is 0 Å². The molecule has 0 aliphatic carbocycles. The summed E-state index contributed by atoms with van der Waals surface area (Å²) in [6.45, 7) is 0.955. The molecule has 0 radical (unpaired) electrons. The monoisotopic (exact) mass is 249 g/mol. The second-order valence-electron chi connectivity index (χ2n) is 3.15. The van der Waals surface area contributed by atoms with E-state index in [1.165, 1.54) is 6.07 Å². The summed E-state index contributed by atoms with van der Waals surface area (Å²) >= 11 is 5.83.